The minimum Gasteiger partial charge on any atom is -0.477 e. The van der Waals surface area contributed by atoms with E-state index in [1.165, 1.54) is 28.8 Å². The zero-order valence-corrected chi connectivity index (χ0v) is 24.6. The molecule has 0 radical (unpaired) electrons. The highest BCUT2D eigenvalue weighted by atomic mass is 79.9. The number of hydrogen-bond donors (Lipinski definition) is 1. The van der Waals surface area contributed by atoms with Crippen LogP contribution in [0.5, 0.6) is 0 Å². The number of carboxylic acids is 1. The number of halogens is 1. The lowest BCUT2D eigenvalue weighted by atomic mass is 10.1. The molecule has 1 saturated heterocycles. The maximum absolute atomic E-state index is 13.7. The van der Waals surface area contributed by atoms with Crippen LogP contribution in [-0.4, -0.2) is 63.5 Å². The van der Waals surface area contributed by atoms with E-state index in [2.05, 4.69) is 20.8 Å². The van der Waals surface area contributed by atoms with Gasteiger partial charge in [0.25, 0.3) is 15.9 Å². The van der Waals surface area contributed by atoms with Crippen molar-refractivity contribution in [3.05, 3.63) is 73.7 Å². The molecule has 0 bridgehead atoms. The van der Waals surface area contributed by atoms with Crippen molar-refractivity contribution in [3.63, 3.8) is 0 Å². The zero-order chi connectivity index (χ0) is 27.2. The van der Waals surface area contributed by atoms with Crippen LogP contribution >= 0.6 is 38.6 Å². The molecular weight excluding hydrogens is 610 g/mol. The van der Waals surface area contributed by atoms with E-state index in [0.717, 1.165) is 26.2 Å². The zero-order valence-electron chi connectivity index (χ0n) is 20.5. The molecule has 1 aliphatic heterocycles. The Hall–Kier alpha value is -2.93. The molecule has 0 spiro atoms. The molecule has 1 amide bonds. The van der Waals surface area contributed by atoms with Gasteiger partial charge in [-0.05, 0) is 75.6 Å². The average Bonchev–Trinajstić information content (AvgIpc) is 3.50. The number of para-hydroxylation sites is 2. The molecule has 5 rings (SSSR count). The fourth-order valence-electron chi connectivity index (χ4n) is 4.59. The Morgan fingerprint density at radius 3 is 2.39 bits per heavy atom. The third-order valence-electron chi connectivity index (χ3n) is 6.70. The number of piperazine rings is 1. The molecule has 4 aromatic rings. The van der Waals surface area contributed by atoms with Crippen molar-refractivity contribution >= 4 is 82.0 Å². The molecule has 0 saturated carbocycles. The standard InChI is InChI=1S/C26H24BrN3O5S3/c1-16-18-15-17(7-8-22(18)37-23(16)26(32)33)38(34,35)28(2)20-5-3-4-6-21(20)29-10-12-30(13-11-29)25(31)24-19(27)9-14-36-24/h3-9,14-15H,10-13H2,1-2H3,(H,32,33). The van der Waals surface area contributed by atoms with Crippen molar-refractivity contribution in [2.45, 2.75) is 11.8 Å². The number of nitrogens with zero attached hydrogens (tertiary/aromatic N) is 3. The molecule has 0 atom stereocenters. The quantitative estimate of drug-likeness (QED) is 0.300. The molecule has 2 aromatic heterocycles. The minimum absolute atomic E-state index is 0.00956. The van der Waals surface area contributed by atoms with Gasteiger partial charge in [0.1, 0.15) is 9.75 Å². The van der Waals surface area contributed by atoms with Gasteiger partial charge in [0.15, 0.2) is 0 Å². The van der Waals surface area contributed by atoms with Crippen molar-refractivity contribution < 1.29 is 23.1 Å². The smallest absolute Gasteiger partial charge is 0.346 e. The summed E-state index contributed by atoms with van der Waals surface area (Å²) >= 11 is 5.98. The van der Waals surface area contributed by atoms with Gasteiger partial charge in [0.2, 0.25) is 0 Å². The Bertz CT molecular complexity index is 1660. The van der Waals surface area contributed by atoms with Gasteiger partial charge >= 0.3 is 5.97 Å². The number of thiophene rings is 2. The van der Waals surface area contributed by atoms with Gasteiger partial charge in [-0.1, -0.05) is 12.1 Å². The second kappa shape index (κ2) is 10.3. The Morgan fingerprint density at radius 2 is 1.74 bits per heavy atom. The monoisotopic (exact) mass is 633 g/mol. The summed E-state index contributed by atoms with van der Waals surface area (Å²) in [6, 6.07) is 13.9. The lowest BCUT2D eigenvalue weighted by Gasteiger charge is -2.37. The molecular formula is C26H24BrN3O5S3. The fourth-order valence-corrected chi connectivity index (χ4v) is 8.36. The SMILES string of the molecule is Cc1c(C(=O)O)sc2ccc(S(=O)(=O)N(C)c3ccccc3N3CCN(C(=O)c4sccc4Br)CC3)cc12. The van der Waals surface area contributed by atoms with Crippen LogP contribution in [0.1, 0.15) is 24.9 Å². The van der Waals surface area contributed by atoms with Gasteiger partial charge < -0.3 is 14.9 Å². The van der Waals surface area contributed by atoms with Crippen molar-refractivity contribution in [1.29, 1.82) is 0 Å². The molecule has 2 aromatic carbocycles. The molecule has 0 aliphatic carbocycles. The van der Waals surface area contributed by atoms with Crippen LogP contribution in [0.25, 0.3) is 10.1 Å². The summed E-state index contributed by atoms with van der Waals surface area (Å²) in [6.07, 6.45) is 0. The van der Waals surface area contributed by atoms with Crippen LogP contribution in [0.15, 0.2) is 63.3 Å². The number of rotatable bonds is 6. The first-order valence-corrected chi connectivity index (χ1v) is 15.6. The van der Waals surface area contributed by atoms with E-state index in [1.807, 2.05) is 28.5 Å². The molecule has 12 heteroatoms. The Morgan fingerprint density at radius 1 is 1.03 bits per heavy atom. The number of fused-ring (bicyclic) bond motifs is 1. The first-order chi connectivity index (χ1) is 18.1. The number of aromatic carboxylic acids is 1. The van der Waals surface area contributed by atoms with Crippen LogP contribution in [0.3, 0.4) is 0 Å². The van der Waals surface area contributed by atoms with Crippen molar-refractivity contribution in [3.8, 4) is 0 Å². The van der Waals surface area contributed by atoms with E-state index < -0.39 is 16.0 Å². The molecule has 1 fully saturated rings. The molecule has 1 N–H and O–H groups in total. The van der Waals surface area contributed by atoms with Crippen LogP contribution < -0.4 is 9.21 Å². The van der Waals surface area contributed by atoms with E-state index in [1.54, 1.807) is 31.2 Å². The Balaban J connectivity index is 1.40. The summed E-state index contributed by atoms with van der Waals surface area (Å²) in [5.41, 5.74) is 1.85. The number of carbonyl (C=O) groups excluding carboxylic acids is 1. The molecule has 198 valence electrons. The molecule has 38 heavy (non-hydrogen) atoms. The van der Waals surface area contributed by atoms with Crippen LogP contribution in [-0.2, 0) is 10.0 Å². The van der Waals surface area contributed by atoms with E-state index in [-0.39, 0.29) is 15.7 Å². The second-order valence-corrected chi connectivity index (χ2v) is 13.6. The van der Waals surface area contributed by atoms with Gasteiger partial charge in [-0.25, -0.2) is 13.2 Å². The van der Waals surface area contributed by atoms with Crippen LogP contribution in [0.2, 0.25) is 0 Å². The van der Waals surface area contributed by atoms with Gasteiger partial charge in [0.05, 0.1) is 16.3 Å². The average molecular weight is 635 g/mol. The second-order valence-electron chi connectivity index (χ2n) is 8.86. The molecule has 1 aliphatic rings. The highest BCUT2D eigenvalue weighted by molar-refractivity contribution is 9.10. The van der Waals surface area contributed by atoms with Crippen molar-refractivity contribution in [1.82, 2.24) is 4.90 Å². The first kappa shape index (κ1) is 26.7. The third-order valence-corrected chi connectivity index (χ3v) is 11.6. The minimum atomic E-state index is -3.94. The molecule has 8 nitrogen and oxygen atoms in total. The summed E-state index contributed by atoms with van der Waals surface area (Å²) in [4.78, 5) is 29.4. The number of carboxylic acid groups (broad SMARTS) is 1. The predicted molar refractivity (Wildman–Crippen MR) is 156 cm³/mol. The summed E-state index contributed by atoms with van der Waals surface area (Å²) < 4.78 is 30.2. The van der Waals surface area contributed by atoms with E-state index in [4.69, 9.17) is 0 Å². The van der Waals surface area contributed by atoms with E-state index >= 15 is 0 Å². The van der Waals surface area contributed by atoms with Crippen LogP contribution in [0.4, 0.5) is 11.4 Å². The van der Waals surface area contributed by atoms with Gasteiger partial charge in [0, 0.05) is 42.4 Å². The predicted octanol–water partition coefficient (Wildman–Crippen LogP) is 5.52. The lowest BCUT2D eigenvalue weighted by Crippen LogP contribution is -2.49. The number of aryl methyl sites for hydroxylation is 1. The first-order valence-electron chi connectivity index (χ1n) is 11.7. The van der Waals surface area contributed by atoms with Gasteiger partial charge in [-0.3, -0.25) is 9.10 Å². The maximum Gasteiger partial charge on any atom is 0.346 e. The van der Waals surface area contributed by atoms with E-state index in [9.17, 15) is 23.1 Å². The van der Waals surface area contributed by atoms with Gasteiger partial charge in [-0.15, -0.1) is 22.7 Å². The van der Waals surface area contributed by atoms with Crippen molar-refractivity contribution in [2.24, 2.45) is 0 Å². The molecule has 0 unspecified atom stereocenters. The number of sulfonamides is 1. The fraction of sp³-hybridized carbons (Fsp3) is 0.231. The largest absolute Gasteiger partial charge is 0.477 e. The Kier molecular flexibility index (Phi) is 7.25. The number of hydrogen-bond acceptors (Lipinski definition) is 7. The van der Waals surface area contributed by atoms with Gasteiger partial charge in [-0.2, -0.15) is 0 Å². The summed E-state index contributed by atoms with van der Waals surface area (Å²) in [5.74, 6) is -1.03. The highest BCUT2D eigenvalue weighted by Crippen LogP contribution is 2.36. The molecule has 3 heterocycles. The topological polar surface area (TPSA) is 98.2 Å². The number of carbonyl (C=O) groups is 2. The van der Waals surface area contributed by atoms with Crippen molar-refractivity contribution in [2.75, 3.05) is 42.4 Å². The maximum atomic E-state index is 13.7. The Labute approximate surface area is 236 Å². The van der Waals surface area contributed by atoms with E-state index in [0.29, 0.717) is 47.7 Å². The van der Waals surface area contributed by atoms with Crippen LogP contribution in [0, 0.1) is 6.92 Å². The summed E-state index contributed by atoms with van der Waals surface area (Å²) in [7, 11) is -2.41. The third kappa shape index (κ3) is 4.70. The normalized spacial score (nSPS) is 14.2. The number of benzene rings is 2. The highest BCUT2D eigenvalue weighted by Gasteiger charge is 2.29. The number of anilines is 2. The summed E-state index contributed by atoms with van der Waals surface area (Å²) in [5, 5.41) is 11.9. The number of amides is 1. The summed E-state index contributed by atoms with van der Waals surface area (Å²) in [6.45, 7) is 3.87. The lowest BCUT2D eigenvalue weighted by molar-refractivity contribution is 0.0700.